The third-order valence-corrected chi connectivity index (χ3v) is 17.8. The molecule has 38 nitrogen and oxygen atoms in total. The van der Waals surface area contributed by atoms with E-state index in [2.05, 4.69) is 81.4 Å². The summed E-state index contributed by atoms with van der Waals surface area (Å²) in [5, 5.41) is 69.0. The quantitative estimate of drug-likeness (QED) is 0.0147. The molecule has 0 aliphatic rings. The zero-order chi connectivity index (χ0) is 82.0. The number of thiol groups is 1. The molecule has 13 amide bonds. The summed E-state index contributed by atoms with van der Waals surface area (Å²) in [7, 11) is 0. The van der Waals surface area contributed by atoms with Gasteiger partial charge in [0, 0.05) is 68.5 Å². The van der Waals surface area contributed by atoms with E-state index >= 15 is 0 Å². The highest BCUT2D eigenvalue weighted by Crippen LogP contribution is 2.20. The molecule has 10 atom stereocenters. The van der Waals surface area contributed by atoms with Crippen LogP contribution in [0.4, 0.5) is 0 Å². The lowest BCUT2D eigenvalue weighted by atomic mass is 10.0. The van der Waals surface area contributed by atoms with E-state index < -0.39 is 181 Å². The summed E-state index contributed by atoms with van der Waals surface area (Å²) in [6, 6.07) is 6.09. The second-order valence-corrected chi connectivity index (χ2v) is 27.2. The van der Waals surface area contributed by atoms with Crippen LogP contribution < -0.4 is 75.3 Å². The largest absolute Gasteiger partial charge is 0.508 e. The maximum Gasteiger partial charge on any atom is 0.305 e. The molecule has 21 N–H and O–H groups in total. The molecule has 608 valence electrons. The number of carbonyl (C=O) groups excluding carboxylic acids is 13. The number of carboxylic acids is 3. The molecule has 0 aliphatic carbocycles. The number of phenols is 1. The van der Waals surface area contributed by atoms with Crippen molar-refractivity contribution in [2.24, 2.45) is 11.5 Å². The van der Waals surface area contributed by atoms with Crippen molar-refractivity contribution in [2.45, 2.75) is 125 Å². The number of hydrogen-bond acceptors (Lipinski definition) is 24. The number of carbonyl (C=O) groups is 16. The Labute approximate surface area is 651 Å². The van der Waals surface area contributed by atoms with Crippen LogP contribution in [0.25, 0.3) is 10.9 Å². The second-order valence-electron chi connectivity index (χ2n) is 24.9. The van der Waals surface area contributed by atoms with Crippen LogP contribution in [0.2, 0.25) is 0 Å². The smallest absolute Gasteiger partial charge is 0.305 e. The number of aromatic amines is 1. The molecule has 0 aliphatic heterocycles. The van der Waals surface area contributed by atoms with Crippen molar-refractivity contribution in [1.29, 1.82) is 0 Å². The lowest BCUT2D eigenvalue weighted by Crippen LogP contribution is -2.59. The molecule has 1 aromatic heterocycles. The van der Waals surface area contributed by atoms with Crippen molar-refractivity contribution in [1.82, 2.24) is 68.8 Å². The minimum Gasteiger partial charge on any atom is -0.508 e. The maximum absolute atomic E-state index is 14.5. The number of aromatic nitrogens is 1. The molecular weight excluding hydrogens is 1520 g/mol. The molecular formula is C70H97N15O23S3. The molecule has 0 radical (unpaired) electrons. The molecule has 0 unspecified atom stereocenters. The van der Waals surface area contributed by atoms with Crippen LogP contribution in [0.1, 0.15) is 62.1 Å². The number of aliphatic carboxylic acids is 3. The number of carboxylic acid groups (broad SMARTS) is 3. The number of hydrogen-bond donors (Lipinski definition) is 20. The summed E-state index contributed by atoms with van der Waals surface area (Å²) in [5.41, 5.74) is 13.5. The van der Waals surface area contributed by atoms with Crippen molar-refractivity contribution in [2.75, 3.05) is 89.0 Å². The molecule has 0 bridgehead atoms. The van der Waals surface area contributed by atoms with E-state index in [4.69, 9.17) is 25.7 Å². The highest BCUT2D eigenvalue weighted by molar-refractivity contribution is 7.98. The number of fused-ring (bicyclic) bond motifs is 1. The van der Waals surface area contributed by atoms with Crippen molar-refractivity contribution in [3.63, 3.8) is 0 Å². The molecule has 0 fully saturated rings. The van der Waals surface area contributed by atoms with Crippen LogP contribution in [0.5, 0.6) is 5.75 Å². The Morgan fingerprint density at radius 1 is 0.468 bits per heavy atom. The number of benzene rings is 3. The molecule has 1 heterocycles. The number of nitrogens with one attached hydrogen (secondary N) is 13. The standard InChI is InChI=1S/C70H97N15O23S3/c1-39(86)74-36-45(71)62(97)82-53(33-59(92)93)70(105)85-55(38-109)64(99)73-20-22-107-24-26-108-25-23-106-21-17-56(88)77-52(32-58(90)91)68(103)83-50(30-41-13-15-43(87)16-14-41)66(101)79-47(18-27-110-2)63(98)76-37-57(89)78-51(31-42-35-75-46-12-8-7-11-44(42)46)67(102)80-48(19-28-111-3)65(100)84-54(34-60(94)95)69(104)81-49(61(72)96)29-40-9-5-4-6-10-40/h4-16,35,45,47-55,75,87,109H,17-34,36-38,71H2,1-3H3,(H2,72,96)(H,73,99)(H,74,86)(H,76,98)(H,77,88)(H,78,89)(H,79,101)(H,80,102)(H,81,104)(H,82,97)(H,83,103)(H,84,100)(H,85,105)(H,90,91)(H,92,93)(H,94,95)/t45-,47-,48-,49-,50-,51-,52-,53-,54-,55-/m0/s1. The van der Waals surface area contributed by atoms with Gasteiger partial charge in [-0.05, 0) is 71.7 Å². The van der Waals surface area contributed by atoms with Gasteiger partial charge in [-0.3, -0.25) is 76.7 Å². The zero-order valence-corrected chi connectivity index (χ0v) is 63.7. The van der Waals surface area contributed by atoms with Gasteiger partial charge < -0.3 is 115 Å². The van der Waals surface area contributed by atoms with Crippen LogP contribution in [0, 0.1) is 0 Å². The van der Waals surface area contributed by atoms with Gasteiger partial charge in [0.1, 0.15) is 66.2 Å². The number of nitrogens with two attached hydrogens (primary N) is 2. The van der Waals surface area contributed by atoms with Gasteiger partial charge in [0.15, 0.2) is 0 Å². The van der Waals surface area contributed by atoms with Crippen LogP contribution >= 0.6 is 36.2 Å². The first-order valence-electron chi connectivity index (χ1n) is 34.8. The van der Waals surface area contributed by atoms with Gasteiger partial charge in [-0.2, -0.15) is 36.2 Å². The predicted octanol–water partition coefficient (Wildman–Crippen LogP) is -4.25. The maximum atomic E-state index is 14.5. The molecule has 0 saturated carbocycles. The van der Waals surface area contributed by atoms with Gasteiger partial charge in [-0.25, -0.2) is 0 Å². The van der Waals surface area contributed by atoms with Gasteiger partial charge in [0.25, 0.3) is 0 Å². The predicted molar refractivity (Wildman–Crippen MR) is 407 cm³/mol. The number of aromatic hydroxyl groups is 1. The lowest BCUT2D eigenvalue weighted by molar-refractivity contribution is -0.142. The summed E-state index contributed by atoms with van der Waals surface area (Å²) in [6.07, 6.45) is 1.26. The van der Waals surface area contributed by atoms with Crippen LogP contribution in [-0.2, 0) is 110 Å². The summed E-state index contributed by atoms with van der Waals surface area (Å²) in [4.78, 5) is 213. The van der Waals surface area contributed by atoms with Crippen molar-refractivity contribution in [3.05, 3.63) is 102 Å². The fourth-order valence-electron chi connectivity index (χ4n) is 10.4. The van der Waals surface area contributed by atoms with Crippen molar-refractivity contribution in [3.8, 4) is 5.75 Å². The normalized spacial score (nSPS) is 13.7. The molecule has 0 saturated heterocycles. The summed E-state index contributed by atoms with van der Waals surface area (Å²) in [6.45, 7) is -0.0656. The summed E-state index contributed by atoms with van der Waals surface area (Å²) >= 11 is 6.67. The summed E-state index contributed by atoms with van der Waals surface area (Å²) < 4.78 is 16.4. The Hall–Kier alpha value is -10.6. The number of primary amides is 1. The van der Waals surface area contributed by atoms with Crippen molar-refractivity contribution < 1.29 is 111 Å². The first-order chi connectivity index (χ1) is 52.9. The highest BCUT2D eigenvalue weighted by atomic mass is 32.2. The zero-order valence-electron chi connectivity index (χ0n) is 61.2. The third kappa shape index (κ3) is 35.8. The van der Waals surface area contributed by atoms with Gasteiger partial charge in [-0.15, -0.1) is 0 Å². The molecule has 0 spiro atoms. The van der Waals surface area contributed by atoms with E-state index in [1.807, 2.05) is 0 Å². The average molecular weight is 1610 g/mol. The number of rotatable bonds is 54. The molecule has 3 aromatic carbocycles. The molecule has 111 heavy (non-hydrogen) atoms. The Morgan fingerprint density at radius 2 is 0.901 bits per heavy atom. The second kappa shape index (κ2) is 50.3. The van der Waals surface area contributed by atoms with Gasteiger partial charge in [-0.1, -0.05) is 60.7 Å². The minimum absolute atomic E-state index is 0.0119. The van der Waals surface area contributed by atoms with Gasteiger partial charge in [0.05, 0.1) is 65.4 Å². The minimum atomic E-state index is -1.76. The van der Waals surface area contributed by atoms with E-state index in [0.717, 1.165) is 0 Å². The number of phenolic OH excluding ortho intramolecular Hbond substituents is 1. The number of H-pyrrole nitrogens is 1. The van der Waals surface area contributed by atoms with E-state index in [1.54, 1.807) is 73.3 Å². The monoisotopic (exact) mass is 1610 g/mol. The van der Waals surface area contributed by atoms with E-state index in [-0.39, 0.29) is 114 Å². The SMILES string of the molecule is CSCC[C@H](NC(=O)[C@H](Cc1ccc(O)cc1)NC(=O)[C@H](CC(=O)O)NC(=O)CCOCCOCCOCCNC(=O)[C@H](CS)NC(=O)[C@H](CC(=O)O)NC(=O)[C@@H](N)CNC(C)=O)C(=O)NCC(=O)N[C@@H](Cc1c[nH]c2ccccc12)C(=O)N[C@@H](CCSC)C(=O)N[C@@H](CC(=O)O)C(=O)N[C@@H](Cc1ccccc1)C(N)=O. The number of amides is 13. The topological polar surface area (TPSA) is 594 Å². The van der Waals surface area contributed by atoms with E-state index in [9.17, 15) is 97.1 Å². The Kier molecular flexibility index (Phi) is 42.0. The number of ether oxygens (including phenoxy) is 3. The Bertz CT molecular complexity index is 3810. The summed E-state index contributed by atoms with van der Waals surface area (Å²) in [5.74, 6) is -16.0. The number of para-hydroxylation sites is 1. The molecule has 4 rings (SSSR count). The highest BCUT2D eigenvalue weighted by Gasteiger charge is 2.36. The van der Waals surface area contributed by atoms with Gasteiger partial charge >= 0.3 is 17.9 Å². The lowest BCUT2D eigenvalue weighted by Gasteiger charge is -2.26. The number of thioether (sulfide) groups is 2. The third-order valence-electron chi connectivity index (χ3n) is 16.2. The van der Waals surface area contributed by atoms with Crippen LogP contribution in [0.3, 0.4) is 0 Å². The Balaban J connectivity index is 1.35. The van der Waals surface area contributed by atoms with Gasteiger partial charge in [0.2, 0.25) is 76.8 Å². The van der Waals surface area contributed by atoms with Crippen LogP contribution in [0.15, 0.2) is 85.1 Å². The first kappa shape index (κ1) is 92.8. The fraction of sp³-hybridized carbons (Fsp3) is 0.486. The fourth-order valence-corrected chi connectivity index (χ4v) is 11.6. The first-order valence-corrected chi connectivity index (χ1v) is 38.2. The molecule has 4 aromatic rings. The van der Waals surface area contributed by atoms with E-state index in [1.165, 1.54) is 54.7 Å². The van der Waals surface area contributed by atoms with Crippen LogP contribution in [-0.4, -0.2) is 270 Å². The molecule has 41 heteroatoms. The Morgan fingerprint density at radius 3 is 1.45 bits per heavy atom. The van der Waals surface area contributed by atoms with Crippen molar-refractivity contribution >= 4 is 142 Å². The van der Waals surface area contributed by atoms with E-state index in [0.29, 0.717) is 27.6 Å². The average Bonchev–Trinajstić information content (AvgIpc) is 1.65.